The van der Waals surface area contributed by atoms with E-state index in [1.54, 1.807) is 0 Å². The fourth-order valence-corrected chi connectivity index (χ4v) is 7.30. The molecule has 0 aliphatic carbocycles. The number of rotatable bonds is 7. The maximum Gasteiger partial charge on any atom is 0.416 e. The molecule has 54 heavy (non-hydrogen) atoms. The summed E-state index contributed by atoms with van der Waals surface area (Å²) in [6.07, 6.45) is -19.1. The second kappa shape index (κ2) is 14.0. The monoisotopic (exact) mass is 775 g/mol. The van der Waals surface area contributed by atoms with Gasteiger partial charge >= 0.3 is 24.7 Å². The largest absolute Gasteiger partial charge is 0.457 e. The van der Waals surface area contributed by atoms with E-state index in [0.29, 0.717) is 37.2 Å². The molecule has 0 radical (unpaired) electrons. The van der Waals surface area contributed by atoms with Crippen molar-refractivity contribution in [3.63, 3.8) is 0 Å². The first-order valence-corrected chi connectivity index (χ1v) is 17.0. The van der Waals surface area contributed by atoms with Crippen LogP contribution in [0.3, 0.4) is 0 Å². The highest BCUT2D eigenvalue weighted by Gasteiger charge is 2.40. The molecule has 4 aromatic carbocycles. The van der Waals surface area contributed by atoms with Gasteiger partial charge < -0.3 is 9.47 Å². The Kier molecular flexibility index (Phi) is 10.2. The molecular formula is C39H33F12NO2. The molecule has 2 unspecified atom stereocenters. The lowest BCUT2D eigenvalue weighted by atomic mass is 9.85. The lowest BCUT2D eigenvalue weighted by molar-refractivity contribution is -0.144. The molecular weight excluding hydrogens is 742 g/mol. The summed E-state index contributed by atoms with van der Waals surface area (Å²) in [5.41, 5.74) is -6.03. The zero-order valence-electron chi connectivity index (χ0n) is 29.0. The molecule has 6 rings (SSSR count). The van der Waals surface area contributed by atoms with E-state index in [0.717, 1.165) is 6.42 Å². The van der Waals surface area contributed by atoms with Crippen LogP contribution in [0.1, 0.15) is 67.0 Å². The van der Waals surface area contributed by atoms with Gasteiger partial charge in [-0.15, -0.1) is 0 Å². The van der Waals surface area contributed by atoms with Crippen LogP contribution in [0.25, 0.3) is 33.4 Å². The summed E-state index contributed by atoms with van der Waals surface area (Å²) in [4.78, 5) is 1.86. The lowest BCUT2D eigenvalue weighted by Gasteiger charge is -2.30. The Morgan fingerprint density at radius 1 is 0.556 bits per heavy atom. The Balaban J connectivity index is 1.69. The van der Waals surface area contributed by atoms with Crippen LogP contribution >= 0.6 is 0 Å². The standard InChI is InChI=1S/C39H33F12NO2/c1-4-20(3)21(5-2)16-52-17-30-28(22-10-24(36(40,41)42)14-25(11-22)37(43,44)45)6-8-32-34(30)35-31(18-52)29(7-9-33(35)54-19-53-32)23-12-26(38(46,47)48)15-27(13-23)39(49,50)51/h6-15,20-21H,4-5,16-19H2,1-3H3. The maximum absolute atomic E-state index is 14.0. The third kappa shape index (κ3) is 7.74. The van der Waals surface area contributed by atoms with Crippen LogP contribution < -0.4 is 9.47 Å². The summed E-state index contributed by atoms with van der Waals surface area (Å²) in [6, 6.07) is 7.90. The van der Waals surface area contributed by atoms with E-state index in [1.165, 1.54) is 24.3 Å². The van der Waals surface area contributed by atoms with Crippen LogP contribution in [0.15, 0.2) is 60.7 Å². The van der Waals surface area contributed by atoms with Crippen LogP contribution in [0, 0.1) is 11.8 Å². The molecule has 290 valence electrons. The summed E-state index contributed by atoms with van der Waals surface area (Å²) in [7, 11) is 0. The summed E-state index contributed by atoms with van der Waals surface area (Å²) in [5, 5.41) is 0. The smallest absolute Gasteiger partial charge is 0.416 e. The van der Waals surface area contributed by atoms with Crippen molar-refractivity contribution in [2.24, 2.45) is 11.8 Å². The summed E-state index contributed by atoms with van der Waals surface area (Å²) in [5.74, 6) is 0.388. The van der Waals surface area contributed by atoms with Crippen LogP contribution in [-0.2, 0) is 37.8 Å². The first-order chi connectivity index (χ1) is 25.1. The number of benzene rings is 4. The molecule has 0 saturated carbocycles. The first-order valence-electron chi connectivity index (χ1n) is 17.0. The summed E-state index contributed by atoms with van der Waals surface area (Å²) in [6.45, 7) is 5.74. The second-order valence-electron chi connectivity index (χ2n) is 13.6. The minimum absolute atomic E-state index is 0.0000629. The quantitative estimate of drug-likeness (QED) is 0.175. The molecule has 2 atom stereocenters. The molecule has 0 fully saturated rings. The molecule has 4 aromatic rings. The average Bonchev–Trinajstić information content (AvgIpc) is 3.39. The average molecular weight is 776 g/mol. The SMILES string of the molecule is CCC(C)C(CC)CN1Cc2c(-c3cc(C(F)(F)F)cc(C(F)(F)F)c3)ccc3c2-c2c(ccc(-c4cc(C(F)(F)F)cc(C(F)(F)F)c4)c2C1)OCO3. The second-order valence-corrected chi connectivity index (χ2v) is 13.6. The van der Waals surface area contributed by atoms with Gasteiger partial charge in [-0.3, -0.25) is 4.90 Å². The lowest BCUT2D eigenvalue weighted by Crippen LogP contribution is -2.31. The normalized spacial score (nSPS) is 16.1. The number of halogens is 12. The zero-order valence-corrected chi connectivity index (χ0v) is 29.0. The topological polar surface area (TPSA) is 21.7 Å². The summed E-state index contributed by atoms with van der Waals surface area (Å²) >= 11 is 0. The van der Waals surface area contributed by atoms with Gasteiger partial charge in [0.25, 0.3) is 0 Å². The van der Waals surface area contributed by atoms with E-state index < -0.39 is 64.9 Å². The van der Waals surface area contributed by atoms with Crippen LogP contribution in [0.2, 0.25) is 0 Å². The molecule has 0 amide bonds. The van der Waals surface area contributed by atoms with Crippen molar-refractivity contribution in [3.8, 4) is 44.9 Å². The van der Waals surface area contributed by atoms with E-state index >= 15 is 0 Å². The van der Waals surface area contributed by atoms with Gasteiger partial charge in [-0.1, -0.05) is 45.7 Å². The Bertz CT molecular complexity index is 1850. The highest BCUT2D eigenvalue weighted by Crippen LogP contribution is 2.52. The third-order valence-corrected chi connectivity index (χ3v) is 10.3. The van der Waals surface area contributed by atoms with Gasteiger partial charge in [-0.25, -0.2) is 0 Å². The number of hydrogen-bond donors (Lipinski definition) is 0. The van der Waals surface area contributed by atoms with Gasteiger partial charge in [0.15, 0.2) is 0 Å². The Hall–Kier alpha value is -4.40. The highest BCUT2D eigenvalue weighted by molar-refractivity contribution is 5.91. The van der Waals surface area contributed by atoms with Crippen molar-refractivity contribution in [1.29, 1.82) is 0 Å². The van der Waals surface area contributed by atoms with Gasteiger partial charge in [0.2, 0.25) is 6.79 Å². The molecule has 2 heterocycles. The van der Waals surface area contributed by atoms with Crippen LogP contribution in [0.5, 0.6) is 11.5 Å². The molecule has 3 nitrogen and oxygen atoms in total. The molecule has 15 heteroatoms. The van der Waals surface area contributed by atoms with E-state index in [-0.39, 0.29) is 81.9 Å². The fraction of sp³-hybridized carbons (Fsp3) is 0.385. The van der Waals surface area contributed by atoms with Gasteiger partial charge in [-0.2, -0.15) is 52.7 Å². The molecule has 2 aliphatic rings. The van der Waals surface area contributed by atoms with E-state index in [9.17, 15) is 52.7 Å². The van der Waals surface area contributed by atoms with E-state index in [2.05, 4.69) is 0 Å². The molecule has 0 aromatic heterocycles. The Morgan fingerprint density at radius 2 is 0.926 bits per heavy atom. The number of nitrogens with zero attached hydrogens (tertiary/aromatic N) is 1. The Labute approximate surface area is 302 Å². The molecule has 0 bridgehead atoms. The first kappa shape index (κ1) is 39.3. The molecule has 0 N–H and O–H groups in total. The van der Waals surface area contributed by atoms with Crippen molar-refractivity contribution in [1.82, 2.24) is 4.90 Å². The predicted octanol–water partition coefficient (Wildman–Crippen LogP) is 12.9. The summed E-state index contributed by atoms with van der Waals surface area (Å²) < 4.78 is 180. The van der Waals surface area contributed by atoms with Crippen molar-refractivity contribution in [2.75, 3.05) is 13.3 Å². The van der Waals surface area contributed by atoms with Crippen molar-refractivity contribution < 1.29 is 62.2 Å². The van der Waals surface area contributed by atoms with E-state index in [4.69, 9.17) is 9.47 Å². The fourth-order valence-electron chi connectivity index (χ4n) is 7.30. The molecule has 0 saturated heterocycles. The van der Waals surface area contributed by atoms with Gasteiger partial charge in [0.05, 0.1) is 22.3 Å². The zero-order chi connectivity index (χ0) is 39.5. The van der Waals surface area contributed by atoms with Crippen LogP contribution in [-0.4, -0.2) is 18.2 Å². The van der Waals surface area contributed by atoms with Gasteiger partial charge in [0, 0.05) is 30.8 Å². The molecule has 2 aliphatic heterocycles. The van der Waals surface area contributed by atoms with Gasteiger partial charge in [-0.05, 0) is 93.7 Å². The molecule has 0 spiro atoms. The minimum Gasteiger partial charge on any atom is -0.457 e. The highest BCUT2D eigenvalue weighted by atomic mass is 19.4. The van der Waals surface area contributed by atoms with Crippen molar-refractivity contribution in [3.05, 3.63) is 94.0 Å². The maximum atomic E-state index is 14.0. The minimum atomic E-state index is -5.14. The van der Waals surface area contributed by atoms with Crippen molar-refractivity contribution >= 4 is 0 Å². The van der Waals surface area contributed by atoms with Gasteiger partial charge in [0.1, 0.15) is 11.5 Å². The van der Waals surface area contributed by atoms with Crippen molar-refractivity contribution in [2.45, 2.75) is 71.4 Å². The van der Waals surface area contributed by atoms with E-state index in [1.807, 2.05) is 25.7 Å². The number of alkyl halides is 12. The number of ether oxygens (including phenoxy) is 2. The third-order valence-electron chi connectivity index (χ3n) is 10.3. The van der Waals surface area contributed by atoms with Crippen LogP contribution in [0.4, 0.5) is 52.7 Å². The Morgan fingerprint density at radius 3 is 1.24 bits per heavy atom. The predicted molar refractivity (Wildman–Crippen MR) is 176 cm³/mol. The number of hydrogen-bond acceptors (Lipinski definition) is 3.